The largest absolute Gasteiger partial charge is 0.449 e. The van der Waals surface area contributed by atoms with Crippen LogP contribution in [0, 0.1) is 5.82 Å². The molecular formula is C17H15FO3S. The number of Topliss-reactive ketones (excluding diaryl/α,β-unsaturated/α-hetero) is 1. The van der Waals surface area contributed by atoms with Crippen molar-refractivity contribution in [2.24, 2.45) is 0 Å². The van der Waals surface area contributed by atoms with E-state index in [9.17, 15) is 9.18 Å². The number of hydrogen-bond acceptors (Lipinski definition) is 4. The molecule has 0 saturated carbocycles. The van der Waals surface area contributed by atoms with Gasteiger partial charge in [0.25, 0.3) is 0 Å². The normalized spacial score (nSPS) is 14.9. The van der Waals surface area contributed by atoms with E-state index in [1.54, 1.807) is 30.3 Å². The zero-order valence-corrected chi connectivity index (χ0v) is 13.1. The van der Waals surface area contributed by atoms with Crippen LogP contribution < -0.4 is 9.47 Å². The number of ether oxygens (including phenoxy) is 2. The Bertz CT molecular complexity index is 710. The second kappa shape index (κ2) is 5.65. The average molecular weight is 318 g/mol. The van der Waals surface area contributed by atoms with Crippen LogP contribution in [0.25, 0.3) is 0 Å². The summed E-state index contributed by atoms with van der Waals surface area (Å²) in [5.41, 5.74) is 0.578. The van der Waals surface area contributed by atoms with Gasteiger partial charge in [-0.2, -0.15) is 0 Å². The molecule has 0 atom stereocenters. The van der Waals surface area contributed by atoms with E-state index in [0.717, 1.165) is 4.90 Å². The zero-order chi connectivity index (χ0) is 15.7. The number of halogens is 1. The molecule has 1 aliphatic rings. The minimum atomic E-state index is -0.702. The molecule has 0 saturated heterocycles. The van der Waals surface area contributed by atoms with Crippen molar-refractivity contribution >= 4 is 17.5 Å². The minimum Gasteiger partial charge on any atom is -0.449 e. The van der Waals surface area contributed by atoms with Crippen LogP contribution in [-0.4, -0.2) is 17.3 Å². The third-order valence-corrected chi connectivity index (χ3v) is 4.17. The van der Waals surface area contributed by atoms with Crippen LogP contribution in [0.5, 0.6) is 11.5 Å². The Hall–Kier alpha value is -2.01. The molecule has 5 heteroatoms. The summed E-state index contributed by atoms with van der Waals surface area (Å²) in [5.74, 6) is 0.525. The lowest BCUT2D eigenvalue weighted by atomic mass is 10.1. The van der Waals surface area contributed by atoms with E-state index >= 15 is 0 Å². The maximum absolute atomic E-state index is 12.8. The summed E-state index contributed by atoms with van der Waals surface area (Å²) in [7, 11) is 0. The first-order valence-corrected chi connectivity index (χ1v) is 7.85. The van der Waals surface area contributed by atoms with Crippen molar-refractivity contribution < 1.29 is 18.7 Å². The molecule has 0 amide bonds. The monoisotopic (exact) mass is 318 g/mol. The van der Waals surface area contributed by atoms with E-state index in [0.29, 0.717) is 17.1 Å². The molecule has 0 fully saturated rings. The molecule has 1 heterocycles. The minimum absolute atomic E-state index is 0.00886. The van der Waals surface area contributed by atoms with Crippen molar-refractivity contribution in [1.82, 2.24) is 0 Å². The molecule has 3 rings (SSSR count). The molecule has 0 bridgehead atoms. The van der Waals surface area contributed by atoms with Crippen molar-refractivity contribution in [3.8, 4) is 11.5 Å². The van der Waals surface area contributed by atoms with Crippen LogP contribution in [0.1, 0.15) is 24.2 Å². The third kappa shape index (κ3) is 3.25. The molecule has 114 valence electrons. The summed E-state index contributed by atoms with van der Waals surface area (Å²) >= 11 is 1.38. The van der Waals surface area contributed by atoms with Crippen molar-refractivity contribution in [1.29, 1.82) is 0 Å². The Kier molecular flexibility index (Phi) is 3.83. The van der Waals surface area contributed by atoms with Crippen molar-refractivity contribution in [3.63, 3.8) is 0 Å². The Morgan fingerprint density at radius 1 is 1.09 bits per heavy atom. The number of fused-ring (bicyclic) bond motifs is 1. The molecule has 0 N–H and O–H groups in total. The van der Waals surface area contributed by atoms with E-state index in [4.69, 9.17) is 9.47 Å². The van der Waals surface area contributed by atoms with Crippen LogP contribution in [0.3, 0.4) is 0 Å². The van der Waals surface area contributed by atoms with Crippen LogP contribution >= 0.6 is 11.8 Å². The van der Waals surface area contributed by atoms with Crippen molar-refractivity contribution in [2.45, 2.75) is 24.5 Å². The van der Waals surface area contributed by atoms with Gasteiger partial charge in [-0.15, -0.1) is 11.8 Å². The van der Waals surface area contributed by atoms with Gasteiger partial charge in [0.05, 0.1) is 5.75 Å². The Balaban J connectivity index is 1.67. The molecule has 0 aliphatic carbocycles. The predicted molar refractivity (Wildman–Crippen MR) is 83.2 cm³/mol. The molecule has 22 heavy (non-hydrogen) atoms. The fourth-order valence-electron chi connectivity index (χ4n) is 2.16. The summed E-state index contributed by atoms with van der Waals surface area (Å²) in [6.45, 7) is 3.64. The smallest absolute Gasteiger partial charge is 0.246 e. The topological polar surface area (TPSA) is 35.5 Å². The number of rotatable bonds is 4. The van der Waals surface area contributed by atoms with Gasteiger partial charge in [-0.1, -0.05) is 0 Å². The lowest BCUT2D eigenvalue weighted by Crippen LogP contribution is -2.29. The molecule has 2 aromatic carbocycles. The fourth-order valence-corrected chi connectivity index (χ4v) is 2.95. The molecule has 0 unspecified atom stereocenters. The first-order valence-electron chi connectivity index (χ1n) is 6.87. The van der Waals surface area contributed by atoms with Crippen molar-refractivity contribution in [3.05, 3.63) is 53.8 Å². The zero-order valence-electron chi connectivity index (χ0n) is 12.3. The van der Waals surface area contributed by atoms with Gasteiger partial charge in [0.15, 0.2) is 17.3 Å². The van der Waals surface area contributed by atoms with E-state index < -0.39 is 5.79 Å². The van der Waals surface area contributed by atoms with E-state index in [-0.39, 0.29) is 17.4 Å². The van der Waals surface area contributed by atoms with Crippen LogP contribution in [0.2, 0.25) is 0 Å². The standard InChI is InChI=1S/C17H15FO3S/c1-17(2)20-15-8-3-11(9-16(15)21-17)14(19)10-22-13-6-4-12(18)5-7-13/h3-9H,10H2,1-2H3. The number of carbonyl (C=O) groups excluding carboxylic acids is 1. The highest BCUT2D eigenvalue weighted by Crippen LogP contribution is 2.39. The Morgan fingerprint density at radius 2 is 1.77 bits per heavy atom. The van der Waals surface area contributed by atoms with Gasteiger partial charge in [0.1, 0.15) is 5.82 Å². The summed E-state index contributed by atoms with van der Waals surface area (Å²) in [6, 6.07) is 11.3. The molecule has 2 aromatic rings. The molecular weight excluding hydrogens is 303 g/mol. The lowest BCUT2D eigenvalue weighted by Gasteiger charge is -2.16. The van der Waals surface area contributed by atoms with Gasteiger partial charge in [0, 0.05) is 24.3 Å². The Labute approximate surface area is 132 Å². The number of carbonyl (C=O) groups is 1. The van der Waals surface area contributed by atoms with Gasteiger partial charge in [-0.3, -0.25) is 4.79 Å². The van der Waals surface area contributed by atoms with E-state index in [2.05, 4.69) is 0 Å². The van der Waals surface area contributed by atoms with Gasteiger partial charge in [-0.25, -0.2) is 4.39 Å². The van der Waals surface area contributed by atoms with Crippen LogP contribution in [0.4, 0.5) is 4.39 Å². The summed E-state index contributed by atoms with van der Waals surface area (Å²) in [5, 5.41) is 0. The second-order valence-electron chi connectivity index (χ2n) is 5.43. The van der Waals surface area contributed by atoms with Crippen molar-refractivity contribution in [2.75, 3.05) is 5.75 Å². The highest BCUT2D eigenvalue weighted by Gasteiger charge is 2.31. The fraction of sp³-hybridized carbons (Fsp3) is 0.235. The van der Waals surface area contributed by atoms with Crippen LogP contribution in [-0.2, 0) is 0 Å². The second-order valence-corrected chi connectivity index (χ2v) is 6.48. The van der Waals surface area contributed by atoms with E-state index in [1.807, 2.05) is 13.8 Å². The highest BCUT2D eigenvalue weighted by atomic mass is 32.2. The first kappa shape index (κ1) is 14.9. The van der Waals surface area contributed by atoms with E-state index in [1.165, 1.54) is 23.9 Å². The number of hydrogen-bond donors (Lipinski definition) is 0. The molecule has 1 aliphatic heterocycles. The average Bonchev–Trinajstić information content (AvgIpc) is 2.79. The van der Waals surface area contributed by atoms with Gasteiger partial charge in [-0.05, 0) is 42.5 Å². The summed E-state index contributed by atoms with van der Waals surface area (Å²) < 4.78 is 24.1. The lowest BCUT2D eigenvalue weighted by molar-refractivity contribution is -0.0431. The summed E-state index contributed by atoms with van der Waals surface area (Å²) in [4.78, 5) is 13.1. The Morgan fingerprint density at radius 3 is 2.50 bits per heavy atom. The first-order chi connectivity index (χ1) is 10.4. The number of benzene rings is 2. The molecule has 0 radical (unpaired) electrons. The highest BCUT2D eigenvalue weighted by molar-refractivity contribution is 8.00. The SMILES string of the molecule is CC1(C)Oc2ccc(C(=O)CSc3ccc(F)cc3)cc2O1. The maximum atomic E-state index is 12.8. The molecule has 0 aromatic heterocycles. The van der Waals surface area contributed by atoms with Gasteiger partial charge < -0.3 is 9.47 Å². The summed E-state index contributed by atoms with van der Waals surface area (Å²) in [6.07, 6.45) is 0. The third-order valence-electron chi connectivity index (χ3n) is 3.16. The number of ketones is 1. The van der Waals surface area contributed by atoms with Gasteiger partial charge in [0.2, 0.25) is 5.79 Å². The maximum Gasteiger partial charge on any atom is 0.246 e. The van der Waals surface area contributed by atoms with Crippen LogP contribution in [0.15, 0.2) is 47.4 Å². The molecule has 3 nitrogen and oxygen atoms in total. The van der Waals surface area contributed by atoms with Gasteiger partial charge >= 0.3 is 0 Å². The molecule has 0 spiro atoms. The predicted octanol–water partition coefficient (Wildman–Crippen LogP) is 4.31. The number of thioether (sulfide) groups is 1. The quantitative estimate of drug-likeness (QED) is 0.622.